The standard InChI is InChI=1S/C25H22F2N2O4/c1-14-12-20(30)24(32-11-10-31-3)23(28-14)17-13-16-6-4-5-7-19(16)29-25(17)33-21-9-8-18(26)22(27)15(21)2/h4-9,12-13H,10-11H2,1-3H3,(H,28,30). The number of aryl methyl sites for hydroxylation is 1. The van der Waals surface area contributed by atoms with Crippen LogP contribution in [0.15, 0.2) is 53.3 Å². The third kappa shape index (κ3) is 4.56. The number of fused-ring (bicyclic) bond motifs is 1. The topological polar surface area (TPSA) is 73.4 Å². The Hall–Kier alpha value is -3.78. The minimum absolute atomic E-state index is 0.00483. The van der Waals surface area contributed by atoms with E-state index in [9.17, 15) is 13.6 Å². The highest BCUT2D eigenvalue weighted by Gasteiger charge is 2.21. The van der Waals surface area contributed by atoms with Crippen LogP contribution in [0.1, 0.15) is 11.3 Å². The zero-order chi connectivity index (χ0) is 23.5. The van der Waals surface area contributed by atoms with E-state index in [0.29, 0.717) is 29.1 Å². The van der Waals surface area contributed by atoms with Crippen LogP contribution in [-0.2, 0) is 4.74 Å². The van der Waals surface area contributed by atoms with Crippen molar-refractivity contribution >= 4 is 10.9 Å². The maximum Gasteiger partial charge on any atom is 0.229 e. The fraction of sp³-hybridized carbons (Fsp3) is 0.200. The maximum absolute atomic E-state index is 14.2. The molecule has 0 saturated heterocycles. The Bertz CT molecular complexity index is 1390. The first-order valence-electron chi connectivity index (χ1n) is 10.3. The summed E-state index contributed by atoms with van der Waals surface area (Å²) in [5.41, 5.74) is 1.73. The molecule has 33 heavy (non-hydrogen) atoms. The molecule has 0 amide bonds. The SMILES string of the molecule is COCCOc1c(-c2cc3ccccc3nc2Oc2ccc(F)c(F)c2C)[nH]c(C)cc1=O. The molecule has 0 atom stereocenters. The molecule has 2 aromatic carbocycles. The smallest absolute Gasteiger partial charge is 0.229 e. The normalized spacial score (nSPS) is 11.1. The first-order valence-corrected chi connectivity index (χ1v) is 10.3. The number of halogens is 2. The first-order chi connectivity index (χ1) is 15.9. The van der Waals surface area contributed by atoms with Gasteiger partial charge in [-0.05, 0) is 38.1 Å². The molecule has 1 N–H and O–H groups in total. The van der Waals surface area contributed by atoms with Crippen molar-refractivity contribution < 1.29 is 23.0 Å². The lowest BCUT2D eigenvalue weighted by atomic mass is 10.1. The highest BCUT2D eigenvalue weighted by atomic mass is 19.2. The van der Waals surface area contributed by atoms with Crippen LogP contribution in [0.2, 0.25) is 0 Å². The number of methoxy groups -OCH3 is 1. The van der Waals surface area contributed by atoms with Crippen LogP contribution in [0.3, 0.4) is 0 Å². The summed E-state index contributed by atoms with van der Waals surface area (Å²) in [6.45, 7) is 3.62. The average molecular weight is 452 g/mol. The second-order valence-corrected chi connectivity index (χ2v) is 7.48. The Balaban J connectivity index is 1.93. The van der Waals surface area contributed by atoms with Crippen molar-refractivity contribution in [2.45, 2.75) is 13.8 Å². The van der Waals surface area contributed by atoms with Gasteiger partial charge >= 0.3 is 0 Å². The van der Waals surface area contributed by atoms with Crippen molar-refractivity contribution in [1.82, 2.24) is 9.97 Å². The zero-order valence-electron chi connectivity index (χ0n) is 18.4. The van der Waals surface area contributed by atoms with E-state index in [-0.39, 0.29) is 35.0 Å². The van der Waals surface area contributed by atoms with Gasteiger partial charge in [0.2, 0.25) is 11.3 Å². The molecule has 8 heteroatoms. The van der Waals surface area contributed by atoms with Crippen molar-refractivity contribution in [2.24, 2.45) is 0 Å². The summed E-state index contributed by atoms with van der Waals surface area (Å²) in [5.74, 6) is -1.66. The van der Waals surface area contributed by atoms with Crippen molar-refractivity contribution in [3.8, 4) is 28.6 Å². The average Bonchev–Trinajstić information content (AvgIpc) is 2.80. The number of nitrogens with one attached hydrogen (secondary N) is 1. The minimum atomic E-state index is -0.998. The highest BCUT2D eigenvalue weighted by molar-refractivity contribution is 5.86. The van der Waals surface area contributed by atoms with Gasteiger partial charge in [0.05, 0.1) is 23.4 Å². The van der Waals surface area contributed by atoms with Crippen LogP contribution in [0.4, 0.5) is 8.78 Å². The number of para-hydroxylation sites is 1. The number of ether oxygens (including phenoxy) is 3. The summed E-state index contributed by atoms with van der Waals surface area (Å²) >= 11 is 0. The van der Waals surface area contributed by atoms with E-state index in [1.54, 1.807) is 19.1 Å². The van der Waals surface area contributed by atoms with Crippen molar-refractivity contribution in [3.05, 3.63) is 81.6 Å². The Morgan fingerprint density at radius 1 is 1.03 bits per heavy atom. The van der Waals surface area contributed by atoms with Crippen LogP contribution < -0.4 is 14.9 Å². The van der Waals surface area contributed by atoms with Crippen LogP contribution in [0, 0.1) is 25.5 Å². The first kappa shape index (κ1) is 22.4. The van der Waals surface area contributed by atoms with Gasteiger partial charge in [-0.15, -0.1) is 0 Å². The molecule has 0 spiro atoms. The molecule has 0 bridgehead atoms. The molecule has 0 aliphatic rings. The molecular formula is C25H22F2N2O4. The summed E-state index contributed by atoms with van der Waals surface area (Å²) in [6.07, 6.45) is 0. The summed E-state index contributed by atoms with van der Waals surface area (Å²) in [7, 11) is 1.53. The Morgan fingerprint density at radius 2 is 1.82 bits per heavy atom. The number of aromatic amines is 1. The molecule has 170 valence electrons. The molecule has 2 aromatic heterocycles. The molecule has 0 saturated carbocycles. The van der Waals surface area contributed by atoms with Gasteiger partial charge in [0.15, 0.2) is 17.4 Å². The Labute approximate surface area is 188 Å². The molecule has 0 aliphatic heterocycles. The molecule has 0 unspecified atom stereocenters. The number of rotatable bonds is 7. The zero-order valence-corrected chi connectivity index (χ0v) is 18.4. The Morgan fingerprint density at radius 3 is 2.61 bits per heavy atom. The van der Waals surface area contributed by atoms with Gasteiger partial charge in [0, 0.05) is 29.8 Å². The van der Waals surface area contributed by atoms with Crippen LogP contribution in [-0.4, -0.2) is 30.3 Å². The molecular weight excluding hydrogens is 430 g/mol. The number of nitrogens with zero attached hydrogens (tertiary/aromatic N) is 1. The molecule has 4 rings (SSSR count). The lowest BCUT2D eigenvalue weighted by Gasteiger charge is -2.16. The van der Waals surface area contributed by atoms with E-state index in [1.807, 2.05) is 18.2 Å². The van der Waals surface area contributed by atoms with Gasteiger partial charge in [0.25, 0.3) is 0 Å². The van der Waals surface area contributed by atoms with Crippen molar-refractivity contribution in [2.75, 3.05) is 20.3 Å². The molecule has 0 aliphatic carbocycles. The monoisotopic (exact) mass is 452 g/mol. The highest BCUT2D eigenvalue weighted by Crippen LogP contribution is 2.38. The molecule has 0 fully saturated rings. The van der Waals surface area contributed by atoms with Crippen LogP contribution in [0.5, 0.6) is 17.4 Å². The van der Waals surface area contributed by atoms with E-state index in [1.165, 1.54) is 26.2 Å². The van der Waals surface area contributed by atoms with Gasteiger partial charge in [0.1, 0.15) is 12.4 Å². The van der Waals surface area contributed by atoms with Gasteiger partial charge < -0.3 is 19.2 Å². The van der Waals surface area contributed by atoms with Crippen LogP contribution in [0.25, 0.3) is 22.2 Å². The predicted octanol–water partition coefficient (Wildman–Crippen LogP) is 5.30. The van der Waals surface area contributed by atoms with E-state index < -0.39 is 11.6 Å². The number of hydrogen-bond acceptors (Lipinski definition) is 5. The van der Waals surface area contributed by atoms with Gasteiger partial charge in [-0.2, -0.15) is 0 Å². The van der Waals surface area contributed by atoms with Crippen LogP contribution >= 0.6 is 0 Å². The summed E-state index contributed by atoms with van der Waals surface area (Å²) in [5, 5.41) is 0.798. The third-order valence-corrected chi connectivity index (χ3v) is 5.11. The summed E-state index contributed by atoms with van der Waals surface area (Å²) in [6, 6.07) is 12.9. The van der Waals surface area contributed by atoms with E-state index in [2.05, 4.69) is 9.97 Å². The number of benzene rings is 2. The maximum atomic E-state index is 14.2. The van der Waals surface area contributed by atoms with Gasteiger partial charge in [-0.25, -0.2) is 13.8 Å². The van der Waals surface area contributed by atoms with E-state index in [4.69, 9.17) is 14.2 Å². The molecule has 2 heterocycles. The number of aromatic nitrogens is 2. The minimum Gasteiger partial charge on any atom is -0.485 e. The summed E-state index contributed by atoms with van der Waals surface area (Å²) < 4.78 is 44.5. The second kappa shape index (κ2) is 9.38. The Kier molecular flexibility index (Phi) is 6.37. The van der Waals surface area contributed by atoms with E-state index >= 15 is 0 Å². The second-order valence-electron chi connectivity index (χ2n) is 7.48. The third-order valence-electron chi connectivity index (χ3n) is 5.11. The lowest BCUT2D eigenvalue weighted by molar-refractivity contribution is 0.146. The van der Waals surface area contributed by atoms with Gasteiger partial charge in [-0.3, -0.25) is 4.79 Å². The largest absolute Gasteiger partial charge is 0.485 e. The molecule has 6 nitrogen and oxygen atoms in total. The van der Waals surface area contributed by atoms with Crippen molar-refractivity contribution in [1.29, 1.82) is 0 Å². The number of H-pyrrole nitrogens is 1. The lowest BCUT2D eigenvalue weighted by Crippen LogP contribution is -2.14. The predicted molar refractivity (Wildman–Crippen MR) is 121 cm³/mol. The summed E-state index contributed by atoms with van der Waals surface area (Å²) in [4.78, 5) is 20.5. The fourth-order valence-electron chi connectivity index (χ4n) is 3.44. The number of hydrogen-bond donors (Lipinski definition) is 1. The quantitative estimate of drug-likeness (QED) is 0.385. The number of pyridine rings is 2. The molecule has 0 radical (unpaired) electrons. The van der Waals surface area contributed by atoms with Crippen molar-refractivity contribution in [3.63, 3.8) is 0 Å². The fourth-order valence-corrected chi connectivity index (χ4v) is 3.44. The van der Waals surface area contributed by atoms with E-state index in [0.717, 1.165) is 11.5 Å². The van der Waals surface area contributed by atoms with Gasteiger partial charge in [-0.1, -0.05) is 18.2 Å². The molecule has 4 aromatic rings.